The third-order valence-electron chi connectivity index (χ3n) is 3.80. The van der Waals surface area contributed by atoms with Crippen LogP contribution < -0.4 is 10.4 Å². The predicted molar refractivity (Wildman–Crippen MR) is 92.7 cm³/mol. The van der Waals surface area contributed by atoms with E-state index in [0.717, 1.165) is 22.4 Å². The van der Waals surface area contributed by atoms with E-state index < -0.39 is 0 Å². The molecule has 0 unspecified atom stereocenters. The molecule has 0 aliphatic heterocycles. The van der Waals surface area contributed by atoms with Crippen LogP contribution in [0.5, 0.6) is 5.75 Å². The van der Waals surface area contributed by atoms with Crippen LogP contribution in [0.1, 0.15) is 5.56 Å². The fourth-order valence-electron chi connectivity index (χ4n) is 2.61. The molecule has 118 valence electrons. The summed E-state index contributed by atoms with van der Waals surface area (Å²) in [5.74, 6) is 0.655. The van der Waals surface area contributed by atoms with Crippen molar-refractivity contribution in [2.75, 3.05) is 7.11 Å². The quantitative estimate of drug-likeness (QED) is 0.733. The molecule has 0 saturated heterocycles. The molecule has 0 N–H and O–H groups in total. The van der Waals surface area contributed by atoms with Gasteiger partial charge >= 0.3 is 5.69 Å². The highest BCUT2D eigenvalue weighted by Crippen LogP contribution is 2.37. The molecule has 1 aromatic heterocycles. The Morgan fingerprint density at radius 1 is 1.09 bits per heavy atom. The smallest absolute Gasteiger partial charge is 0.332 e. The van der Waals surface area contributed by atoms with Gasteiger partial charge in [-0.1, -0.05) is 23.7 Å². The Kier molecular flexibility index (Phi) is 4.01. The minimum atomic E-state index is -0.0751. The molecule has 0 radical (unpaired) electrons. The van der Waals surface area contributed by atoms with Crippen molar-refractivity contribution >= 4 is 11.6 Å². The third kappa shape index (κ3) is 2.78. The first-order valence-corrected chi connectivity index (χ1v) is 7.58. The topological polar surface area (TPSA) is 36.2 Å². The molecule has 23 heavy (non-hydrogen) atoms. The fourth-order valence-corrected chi connectivity index (χ4v) is 2.96. The summed E-state index contributed by atoms with van der Waals surface area (Å²) in [5, 5.41) is 0.589. The average molecular weight is 329 g/mol. The van der Waals surface area contributed by atoms with Gasteiger partial charge in [0.25, 0.3) is 0 Å². The molecule has 3 aromatic rings. The van der Waals surface area contributed by atoms with E-state index in [-0.39, 0.29) is 5.69 Å². The summed E-state index contributed by atoms with van der Waals surface area (Å²) < 4.78 is 8.57. The van der Waals surface area contributed by atoms with Crippen LogP contribution >= 0.6 is 11.6 Å². The Hall–Kier alpha value is -2.46. The van der Waals surface area contributed by atoms with Crippen molar-refractivity contribution in [1.82, 2.24) is 9.13 Å². The fraction of sp³-hybridized carbons (Fsp3) is 0.167. The first-order valence-electron chi connectivity index (χ1n) is 7.20. The Balaban J connectivity index is 2.07. The first-order chi connectivity index (χ1) is 11.0. The van der Waals surface area contributed by atoms with Crippen LogP contribution in [0, 0.1) is 6.92 Å². The predicted octanol–water partition coefficient (Wildman–Crippen LogP) is 3.81. The van der Waals surface area contributed by atoms with Gasteiger partial charge in [-0.05, 0) is 42.3 Å². The largest absolute Gasteiger partial charge is 0.495 e. The summed E-state index contributed by atoms with van der Waals surface area (Å²) in [7, 11) is 3.34. The van der Waals surface area contributed by atoms with Crippen LogP contribution in [0.3, 0.4) is 0 Å². The normalized spacial score (nSPS) is 10.8. The number of ether oxygens (including phenoxy) is 1. The number of methoxy groups -OCH3 is 1. The Morgan fingerprint density at radius 2 is 1.78 bits per heavy atom. The first kappa shape index (κ1) is 15.4. The maximum Gasteiger partial charge on any atom is 0.332 e. The van der Waals surface area contributed by atoms with Crippen molar-refractivity contribution < 1.29 is 4.74 Å². The molecule has 1 heterocycles. The second-order valence-corrected chi connectivity index (χ2v) is 5.84. The van der Waals surface area contributed by atoms with E-state index in [2.05, 4.69) is 0 Å². The molecule has 0 atom stereocenters. The van der Waals surface area contributed by atoms with Crippen LogP contribution in [0.4, 0.5) is 0 Å². The van der Waals surface area contributed by atoms with E-state index in [9.17, 15) is 4.79 Å². The summed E-state index contributed by atoms with van der Waals surface area (Å²) in [6, 6.07) is 11.7. The van der Waals surface area contributed by atoms with Crippen molar-refractivity contribution in [1.29, 1.82) is 0 Å². The molecule has 4 nitrogen and oxygen atoms in total. The van der Waals surface area contributed by atoms with Crippen LogP contribution in [0.2, 0.25) is 5.02 Å². The minimum Gasteiger partial charge on any atom is -0.495 e. The summed E-state index contributed by atoms with van der Waals surface area (Å²) in [4.78, 5) is 12.0. The van der Waals surface area contributed by atoms with Gasteiger partial charge in [0.2, 0.25) is 0 Å². The standard InChI is InChI=1S/C18H17ClN2O2/c1-12-10-15(17(23-3)16(19)11-12)13-4-6-14(7-5-13)21-9-8-20(2)18(21)22/h4-11H,1-3H3. The molecule has 2 aromatic carbocycles. The second kappa shape index (κ2) is 5.97. The lowest BCUT2D eigenvalue weighted by molar-refractivity contribution is 0.416. The molecule has 3 rings (SSSR count). The molecule has 0 bridgehead atoms. The summed E-state index contributed by atoms with van der Waals surface area (Å²) in [6.45, 7) is 1.99. The zero-order valence-electron chi connectivity index (χ0n) is 13.2. The van der Waals surface area contributed by atoms with Gasteiger partial charge < -0.3 is 9.30 Å². The van der Waals surface area contributed by atoms with E-state index in [4.69, 9.17) is 16.3 Å². The Labute approximate surface area is 139 Å². The maximum atomic E-state index is 12.0. The van der Waals surface area contributed by atoms with Crippen LogP contribution in [-0.4, -0.2) is 16.2 Å². The van der Waals surface area contributed by atoms with Crippen molar-refractivity contribution in [3.63, 3.8) is 0 Å². The number of benzene rings is 2. The van der Waals surface area contributed by atoms with Crippen molar-refractivity contribution in [3.8, 4) is 22.6 Å². The van der Waals surface area contributed by atoms with E-state index in [1.807, 2.05) is 43.3 Å². The van der Waals surface area contributed by atoms with E-state index in [0.29, 0.717) is 10.8 Å². The van der Waals surface area contributed by atoms with E-state index >= 15 is 0 Å². The molecule has 0 aliphatic rings. The molecule has 0 fully saturated rings. The molecular formula is C18H17ClN2O2. The number of aryl methyl sites for hydroxylation is 2. The van der Waals surface area contributed by atoms with Gasteiger partial charge in [0.05, 0.1) is 17.8 Å². The van der Waals surface area contributed by atoms with Gasteiger partial charge in [-0.2, -0.15) is 0 Å². The van der Waals surface area contributed by atoms with Crippen molar-refractivity contribution in [2.24, 2.45) is 7.05 Å². The van der Waals surface area contributed by atoms with E-state index in [1.165, 1.54) is 4.57 Å². The Morgan fingerprint density at radius 3 is 2.35 bits per heavy atom. The number of hydrogen-bond acceptors (Lipinski definition) is 2. The molecular weight excluding hydrogens is 312 g/mol. The monoisotopic (exact) mass is 328 g/mol. The van der Waals surface area contributed by atoms with Crippen LogP contribution in [0.25, 0.3) is 16.8 Å². The summed E-state index contributed by atoms with van der Waals surface area (Å²) in [6.07, 6.45) is 3.49. The molecule has 0 aliphatic carbocycles. The number of hydrogen-bond donors (Lipinski definition) is 0. The third-order valence-corrected chi connectivity index (χ3v) is 4.08. The van der Waals surface area contributed by atoms with E-state index in [1.54, 1.807) is 31.1 Å². The lowest BCUT2D eigenvalue weighted by Gasteiger charge is -2.12. The molecule has 0 saturated carbocycles. The number of rotatable bonds is 3. The lowest BCUT2D eigenvalue weighted by Crippen LogP contribution is -2.20. The molecule has 0 amide bonds. The van der Waals surface area contributed by atoms with Gasteiger partial charge in [0.1, 0.15) is 5.75 Å². The maximum absolute atomic E-state index is 12.0. The zero-order valence-corrected chi connectivity index (χ0v) is 14.0. The second-order valence-electron chi connectivity index (χ2n) is 5.44. The summed E-state index contributed by atoms with van der Waals surface area (Å²) >= 11 is 6.26. The number of aromatic nitrogens is 2. The number of nitrogens with zero attached hydrogens (tertiary/aromatic N) is 2. The zero-order chi connectivity index (χ0) is 16.6. The van der Waals surface area contributed by atoms with Crippen molar-refractivity contribution in [3.05, 3.63) is 69.9 Å². The molecule has 0 spiro atoms. The van der Waals surface area contributed by atoms with Gasteiger partial charge in [-0.15, -0.1) is 0 Å². The number of imidazole rings is 1. The Bertz CT molecular complexity index is 908. The lowest BCUT2D eigenvalue weighted by atomic mass is 10.0. The highest BCUT2D eigenvalue weighted by molar-refractivity contribution is 6.32. The minimum absolute atomic E-state index is 0.0751. The summed E-state index contributed by atoms with van der Waals surface area (Å²) in [5.41, 5.74) is 3.73. The van der Waals surface area contributed by atoms with Gasteiger partial charge in [0.15, 0.2) is 0 Å². The van der Waals surface area contributed by atoms with Gasteiger partial charge in [-0.25, -0.2) is 4.79 Å². The number of halogens is 1. The SMILES string of the molecule is COc1c(Cl)cc(C)cc1-c1ccc(-n2ccn(C)c2=O)cc1. The molecule has 5 heteroatoms. The highest BCUT2D eigenvalue weighted by Gasteiger charge is 2.11. The highest BCUT2D eigenvalue weighted by atomic mass is 35.5. The van der Waals surface area contributed by atoms with Crippen LogP contribution in [-0.2, 0) is 7.05 Å². The van der Waals surface area contributed by atoms with Gasteiger partial charge in [-0.3, -0.25) is 4.57 Å². The van der Waals surface area contributed by atoms with Gasteiger partial charge in [0, 0.05) is 25.0 Å². The average Bonchev–Trinajstić information content (AvgIpc) is 2.86. The van der Waals surface area contributed by atoms with Crippen molar-refractivity contribution in [2.45, 2.75) is 6.92 Å². The van der Waals surface area contributed by atoms with Crippen LogP contribution in [0.15, 0.2) is 53.6 Å².